The highest BCUT2D eigenvalue weighted by Gasteiger charge is 2.28. The molecule has 0 aliphatic heterocycles. The molecule has 8 nitrogen and oxygen atoms in total. The molecular weight excluding hydrogens is 384 g/mol. The van der Waals surface area contributed by atoms with Crippen molar-refractivity contribution < 1.29 is 19.5 Å². The van der Waals surface area contributed by atoms with Gasteiger partial charge in [0, 0.05) is 12.5 Å². The minimum Gasteiger partial charge on any atom is -0.393 e. The van der Waals surface area contributed by atoms with E-state index in [1.807, 2.05) is 20.8 Å². The van der Waals surface area contributed by atoms with E-state index >= 15 is 0 Å². The molecule has 0 heterocycles. The van der Waals surface area contributed by atoms with Gasteiger partial charge >= 0.3 is 0 Å². The van der Waals surface area contributed by atoms with Crippen molar-refractivity contribution in [2.24, 2.45) is 17.6 Å². The standard InChI is InChI=1S/C22H42N4O4/c1-4-15(2)12-20(28)26-19(13-17-7-9-18(27)10-8-17)22(30)24-14-21(29)25-16(3)6-5-11-23/h15-19,27H,4-14,23H2,1-3H3,(H,24,30)(H,25,29)(H,26,28)/t15-,16+,17?,18?,19-/m0/s1. The molecule has 30 heavy (non-hydrogen) atoms. The Hall–Kier alpha value is -1.67. The number of hydrogen-bond donors (Lipinski definition) is 5. The number of carbonyl (C=O) groups excluding carboxylic acids is 3. The SMILES string of the molecule is CC[C@H](C)CC(=O)N[C@@H](CC1CCC(O)CC1)C(=O)NCC(=O)N[C@H](C)CCCN. The predicted molar refractivity (Wildman–Crippen MR) is 117 cm³/mol. The molecular formula is C22H42N4O4. The van der Waals surface area contributed by atoms with Gasteiger partial charge in [-0.3, -0.25) is 14.4 Å². The highest BCUT2D eigenvalue weighted by Crippen LogP contribution is 2.28. The van der Waals surface area contributed by atoms with Crippen molar-refractivity contribution in [2.45, 2.75) is 96.7 Å². The fourth-order valence-electron chi connectivity index (χ4n) is 3.77. The topological polar surface area (TPSA) is 134 Å². The van der Waals surface area contributed by atoms with E-state index in [2.05, 4.69) is 16.0 Å². The van der Waals surface area contributed by atoms with E-state index in [-0.39, 0.29) is 48.2 Å². The molecule has 0 aromatic carbocycles. The second kappa shape index (κ2) is 14.4. The summed E-state index contributed by atoms with van der Waals surface area (Å²) in [6, 6.07) is -0.665. The fourth-order valence-corrected chi connectivity index (χ4v) is 3.77. The Morgan fingerprint density at radius 3 is 2.33 bits per heavy atom. The summed E-state index contributed by atoms with van der Waals surface area (Å²) in [6.45, 7) is 6.40. The Balaban J connectivity index is 2.59. The van der Waals surface area contributed by atoms with Gasteiger partial charge in [-0.2, -0.15) is 0 Å². The van der Waals surface area contributed by atoms with Crippen molar-refractivity contribution in [2.75, 3.05) is 13.1 Å². The third-order valence-corrected chi connectivity index (χ3v) is 5.94. The summed E-state index contributed by atoms with van der Waals surface area (Å²) in [5.74, 6) is -0.195. The molecule has 8 heteroatoms. The van der Waals surface area contributed by atoms with Crippen LogP contribution in [-0.2, 0) is 14.4 Å². The molecule has 1 fully saturated rings. The second-order valence-electron chi connectivity index (χ2n) is 8.87. The maximum absolute atomic E-state index is 12.8. The molecule has 0 aromatic rings. The lowest BCUT2D eigenvalue weighted by Crippen LogP contribution is -2.50. The average Bonchev–Trinajstić information content (AvgIpc) is 2.71. The number of aliphatic hydroxyl groups is 1. The van der Waals surface area contributed by atoms with Crippen LogP contribution in [0.5, 0.6) is 0 Å². The van der Waals surface area contributed by atoms with E-state index in [1.54, 1.807) is 0 Å². The third kappa shape index (κ3) is 10.9. The van der Waals surface area contributed by atoms with E-state index in [4.69, 9.17) is 5.73 Å². The number of carbonyl (C=O) groups is 3. The van der Waals surface area contributed by atoms with Crippen LogP contribution in [-0.4, -0.2) is 54.1 Å². The average molecular weight is 427 g/mol. The first-order valence-electron chi connectivity index (χ1n) is 11.5. The van der Waals surface area contributed by atoms with Crippen LogP contribution in [0.3, 0.4) is 0 Å². The van der Waals surface area contributed by atoms with Gasteiger partial charge in [0.1, 0.15) is 6.04 Å². The highest BCUT2D eigenvalue weighted by atomic mass is 16.3. The minimum atomic E-state index is -0.663. The summed E-state index contributed by atoms with van der Waals surface area (Å²) in [5.41, 5.74) is 5.48. The smallest absolute Gasteiger partial charge is 0.243 e. The van der Waals surface area contributed by atoms with Gasteiger partial charge in [0.05, 0.1) is 12.6 Å². The van der Waals surface area contributed by atoms with Crippen molar-refractivity contribution in [1.82, 2.24) is 16.0 Å². The number of nitrogens with one attached hydrogen (secondary N) is 3. The van der Waals surface area contributed by atoms with E-state index in [0.29, 0.717) is 19.4 Å². The lowest BCUT2D eigenvalue weighted by Gasteiger charge is -2.29. The summed E-state index contributed by atoms with van der Waals surface area (Å²) < 4.78 is 0. The quantitative estimate of drug-likeness (QED) is 0.302. The Bertz CT molecular complexity index is 535. The molecule has 1 aliphatic rings. The largest absolute Gasteiger partial charge is 0.393 e. The number of amides is 3. The Kier molecular flexibility index (Phi) is 12.6. The molecule has 3 atom stereocenters. The maximum Gasteiger partial charge on any atom is 0.243 e. The van der Waals surface area contributed by atoms with Gasteiger partial charge in [0.2, 0.25) is 17.7 Å². The van der Waals surface area contributed by atoms with Gasteiger partial charge < -0.3 is 26.8 Å². The van der Waals surface area contributed by atoms with Crippen LogP contribution >= 0.6 is 0 Å². The van der Waals surface area contributed by atoms with Crippen LogP contribution in [0.25, 0.3) is 0 Å². The van der Waals surface area contributed by atoms with Gasteiger partial charge in [0.15, 0.2) is 0 Å². The van der Waals surface area contributed by atoms with E-state index in [0.717, 1.165) is 44.9 Å². The first-order chi connectivity index (χ1) is 14.2. The van der Waals surface area contributed by atoms with Crippen molar-refractivity contribution >= 4 is 17.7 Å². The van der Waals surface area contributed by atoms with Gasteiger partial charge in [0.25, 0.3) is 0 Å². The lowest BCUT2D eigenvalue weighted by molar-refractivity contribution is -0.131. The monoisotopic (exact) mass is 426 g/mol. The molecule has 3 amide bonds. The predicted octanol–water partition coefficient (Wildman–Crippen LogP) is 1.21. The molecule has 0 bridgehead atoms. The zero-order valence-corrected chi connectivity index (χ0v) is 18.9. The number of nitrogens with two attached hydrogens (primary N) is 1. The van der Waals surface area contributed by atoms with Crippen molar-refractivity contribution in [3.8, 4) is 0 Å². The molecule has 174 valence electrons. The maximum atomic E-state index is 12.8. The molecule has 1 saturated carbocycles. The second-order valence-corrected chi connectivity index (χ2v) is 8.87. The van der Waals surface area contributed by atoms with Gasteiger partial charge in [-0.15, -0.1) is 0 Å². The first-order valence-corrected chi connectivity index (χ1v) is 11.5. The Labute approximate surface area is 181 Å². The molecule has 0 aromatic heterocycles. The normalized spacial score (nSPS) is 21.9. The van der Waals surface area contributed by atoms with Crippen LogP contribution in [0.2, 0.25) is 0 Å². The zero-order valence-electron chi connectivity index (χ0n) is 18.9. The van der Waals surface area contributed by atoms with Crippen molar-refractivity contribution in [3.05, 3.63) is 0 Å². The lowest BCUT2D eigenvalue weighted by atomic mass is 9.83. The summed E-state index contributed by atoms with van der Waals surface area (Å²) >= 11 is 0. The van der Waals surface area contributed by atoms with Crippen LogP contribution in [0.4, 0.5) is 0 Å². The summed E-state index contributed by atoms with van der Waals surface area (Å²) in [7, 11) is 0. The van der Waals surface area contributed by atoms with Crippen LogP contribution < -0.4 is 21.7 Å². The minimum absolute atomic E-state index is 0.00218. The molecule has 1 aliphatic carbocycles. The number of aliphatic hydroxyl groups excluding tert-OH is 1. The third-order valence-electron chi connectivity index (χ3n) is 5.94. The number of rotatable bonds is 13. The molecule has 1 rings (SSSR count). The van der Waals surface area contributed by atoms with Gasteiger partial charge in [-0.05, 0) is 70.3 Å². The van der Waals surface area contributed by atoms with Gasteiger partial charge in [-0.25, -0.2) is 0 Å². The van der Waals surface area contributed by atoms with Crippen molar-refractivity contribution in [1.29, 1.82) is 0 Å². The fraction of sp³-hybridized carbons (Fsp3) is 0.864. The van der Waals surface area contributed by atoms with Crippen LogP contribution in [0.1, 0.15) is 78.6 Å². The Morgan fingerprint density at radius 2 is 1.73 bits per heavy atom. The molecule has 0 radical (unpaired) electrons. The molecule has 0 spiro atoms. The van der Waals surface area contributed by atoms with E-state index in [1.165, 1.54) is 0 Å². The summed E-state index contributed by atoms with van der Waals surface area (Å²) in [4.78, 5) is 37.3. The van der Waals surface area contributed by atoms with Crippen LogP contribution in [0.15, 0.2) is 0 Å². The number of hydrogen-bond acceptors (Lipinski definition) is 5. The summed E-state index contributed by atoms with van der Waals surface area (Å²) in [6.07, 6.45) is 6.28. The zero-order chi connectivity index (χ0) is 22.5. The molecule has 6 N–H and O–H groups in total. The highest BCUT2D eigenvalue weighted by molar-refractivity contribution is 5.90. The molecule has 0 unspecified atom stereocenters. The first kappa shape index (κ1) is 26.4. The summed E-state index contributed by atoms with van der Waals surface area (Å²) in [5, 5.41) is 18.1. The Morgan fingerprint density at radius 1 is 1.07 bits per heavy atom. The van der Waals surface area contributed by atoms with E-state index in [9.17, 15) is 19.5 Å². The van der Waals surface area contributed by atoms with Gasteiger partial charge in [-0.1, -0.05) is 20.3 Å². The molecule has 0 saturated heterocycles. The van der Waals surface area contributed by atoms with E-state index < -0.39 is 6.04 Å². The van der Waals surface area contributed by atoms with Crippen molar-refractivity contribution in [3.63, 3.8) is 0 Å². The van der Waals surface area contributed by atoms with Crippen LogP contribution in [0, 0.1) is 11.8 Å².